The van der Waals surface area contributed by atoms with Crippen LogP contribution in [0.4, 0.5) is 0 Å². The minimum Gasteiger partial charge on any atom is -0.0738 e. The predicted octanol–water partition coefficient (Wildman–Crippen LogP) is 4.23. The van der Waals surface area contributed by atoms with E-state index >= 15 is 0 Å². The zero-order valence-corrected chi connectivity index (χ0v) is 9.13. The Morgan fingerprint density at radius 2 is 1.92 bits per heavy atom. The first-order valence-electron chi connectivity index (χ1n) is 4.76. The highest BCUT2D eigenvalue weighted by Crippen LogP contribution is 2.33. The van der Waals surface area contributed by atoms with Crippen LogP contribution >= 0.6 is 15.9 Å². The number of hydrogen-bond donors (Lipinski definition) is 0. The molecule has 0 amide bonds. The van der Waals surface area contributed by atoms with Crippen molar-refractivity contribution in [2.24, 2.45) is 0 Å². The van der Waals surface area contributed by atoms with Gasteiger partial charge < -0.3 is 0 Å². The third-order valence-electron chi connectivity index (χ3n) is 2.63. The molecule has 0 radical (unpaired) electrons. The van der Waals surface area contributed by atoms with E-state index in [0.29, 0.717) is 0 Å². The predicted molar refractivity (Wildman–Crippen MR) is 60.0 cm³/mol. The van der Waals surface area contributed by atoms with E-state index < -0.39 is 0 Å². The summed E-state index contributed by atoms with van der Waals surface area (Å²) in [7, 11) is 0. The molecule has 0 N–H and O–H groups in total. The van der Waals surface area contributed by atoms with Crippen molar-refractivity contribution in [3.8, 4) is 0 Å². The molecule has 0 nitrogen and oxygen atoms in total. The van der Waals surface area contributed by atoms with Crippen LogP contribution in [0, 0.1) is 0 Å². The van der Waals surface area contributed by atoms with Crippen LogP contribution in [-0.2, 0) is 0 Å². The molecule has 0 saturated carbocycles. The lowest BCUT2D eigenvalue weighted by atomic mass is 9.88. The number of benzene rings is 1. The summed E-state index contributed by atoms with van der Waals surface area (Å²) in [6, 6.07) is 10.8. The summed E-state index contributed by atoms with van der Waals surface area (Å²) in [5.74, 6) is 0.738. The molecule has 1 heteroatoms. The molecule has 0 bridgehead atoms. The van der Waals surface area contributed by atoms with Gasteiger partial charge in [-0.3, -0.25) is 0 Å². The second kappa shape index (κ2) is 4.10. The Balaban J connectivity index is 2.12. The largest absolute Gasteiger partial charge is 0.0738 e. The van der Waals surface area contributed by atoms with Crippen molar-refractivity contribution in [1.82, 2.24) is 0 Å². The molecular formula is C12H13Br. The first-order chi connectivity index (χ1) is 6.36. The normalized spacial score (nSPS) is 22.5. The van der Waals surface area contributed by atoms with E-state index in [9.17, 15) is 0 Å². The summed E-state index contributed by atoms with van der Waals surface area (Å²) in [4.78, 5) is 0. The Hall–Kier alpha value is -0.560. The van der Waals surface area contributed by atoms with Crippen LogP contribution in [-0.4, -0.2) is 0 Å². The minimum atomic E-state index is 0.738. The monoisotopic (exact) mass is 236 g/mol. The van der Waals surface area contributed by atoms with Crippen LogP contribution in [0.3, 0.4) is 0 Å². The fourth-order valence-electron chi connectivity index (χ4n) is 1.83. The van der Waals surface area contributed by atoms with Crippen molar-refractivity contribution in [3.05, 3.63) is 46.5 Å². The Morgan fingerprint density at radius 3 is 2.54 bits per heavy atom. The number of halogens is 1. The molecule has 1 aliphatic carbocycles. The lowest BCUT2D eigenvalue weighted by molar-refractivity contribution is 0.614. The van der Waals surface area contributed by atoms with Gasteiger partial charge in [0.15, 0.2) is 0 Å². The highest BCUT2D eigenvalue weighted by molar-refractivity contribution is 9.11. The maximum Gasteiger partial charge on any atom is -0.00888 e. The third kappa shape index (κ3) is 2.22. The average molecular weight is 237 g/mol. The van der Waals surface area contributed by atoms with Gasteiger partial charge in [-0.2, -0.15) is 0 Å². The molecule has 1 unspecified atom stereocenters. The summed E-state index contributed by atoms with van der Waals surface area (Å²) in [6.45, 7) is 0. The van der Waals surface area contributed by atoms with Crippen molar-refractivity contribution in [1.29, 1.82) is 0 Å². The standard InChI is InChI=1S/C12H13Br/c13-12-8-6-11(7-9-12)10-4-2-1-3-5-10/h1-5,8,11H,6-7,9H2. The van der Waals surface area contributed by atoms with Gasteiger partial charge in [-0.25, -0.2) is 0 Å². The SMILES string of the molecule is BrC1=CCC(c2ccccc2)CC1. The van der Waals surface area contributed by atoms with Gasteiger partial charge in [0.25, 0.3) is 0 Å². The Kier molecular flexibility index (Phi) is 2.84. The van der Waals surface area contributed by atoms with Crippen LogP contribution in [0.2, 0.25) is 0 Å². The molecule has 0 aliphatic heterocycles. The smallest absolute Gasteiger partial charge is 0.00888 e. The lowest BCUT2D eigenvalue weighted by Crippen LogP contribution is -2.01. The molecular weight excluding hydrogens is 224 g/mol. The molecule has 1 atom stereocenters. The number of rotatable bonds is 1. The summed E-state index contributed by atoms with van der Waals surface area (Å²) in [5.41, 5.74) is 1.48. The minimum absolute atomic E-state index is 0.738. The van der Waals surface area contributed by atoms with Crippen molar-refractivity contribution >= 4 is 15.9 Å². The number of hydrogen-bond acceptors (Lipinski definition) is 0. The van der Waals surface area contributed by atoms with Gasteiger partial charge in [-0.1, -0.05) is 52.3 Å². The van der Waals surface area contributed by atoms with Crippen molar-refractivity contribution in [2.45, 2.75) is 25.2 Å². The van der Waals surface area contributed by atoms with Gasteiger partial charge in [-0.05, 0) is 35.2 Å². The first-order valence-corrected chi connectivity index (χ1v) is 5.55. The Labute approximate surface area is 87.8 Å². The van der Waals surface area contributed by atoms with Gasteiger partial charge in [0.05, 0.1) is 0 Å². The Bertz CT molecular complexity index is 300. The molecule has 1 aromatic carbocycles. The van der Waals surface area contributed by atoms with E-state index in [-0.39, 0.29) is 0 Å². The van der Waals surface area contributed by atoms with Crippen LogP contribution < -0.4 is 0 Å². The average Bonchev–Trinajstić information content (AvgIpc) is 2.20. The van der Waals surface area contributed by atoms with E-state index in [1.807, 2.05) is 0 Å². The molecule has 0 spiro atoms. The summed E-state index contributed by atoms with van der Waals surface area (Å²) in [5, 5.41) is 0. The second-order valence-electron chi connectivity index (χ2n) is 3.53. The van der Waals surface area contributed by atoms with Crippen LogP contribution in [0.25, 0.3) is 0 Å². The van der Waals surface area contributed by atoms with Crippen molar-refractivity contribution in [3.63, 3.8) is 0 Å². The van der Waals surface area contributed by atoms with E-state index in [1.165, 1.54) is 29.3 Å². The van der Waals surface area contributed by atoms with E-state index in [0.717, 1.165) is 5.92 Å². The Morgan fingerprint density at radius 1 is 1.15 bits per heavy atom. The highest BCUT2D eigenvalue weighted by Gasteiger charge is 2.14. The van der Waals surface area contributed by atoms with Crippen LogP contribution in [0.15, 0.2) is 40.9 Å². The van der Waals surface area contributed by atoms with Gasteiger partial charge >= 0.3 is 0 Å². The molecule has 0 saturated heterocycles. The van der Waals surface area contributed by atoms with Crippen molar-refractivity contribution in [2.75, 3.05) is 0 Å². The first kappa shape index (κ1) is 9.01. The molecule has 0 fully saturated rings. The zero-order chi connectivity index (χ0) is 9.10. The van der Waals surface area contributed by atoms with Crippen LogP contribution in [0.5, 0.6) is 0 Å². The lowest BCUT2D eigenvalue weighted by Gasteiger charge is -2.19. The topological polar surface area (TPSA) is 0 Å². The molecule has 2 rings (SSSR count). The van der Waals surface area contributed by atoms with E-state index in [2.05, 4.69) is 52.3 Å². The van der Waals surface area contributed by atoms with Gasteiger partial charge in [0.2, 0.25) is 0 Å². The molecule has 0 heterocycles. The van der Waals surface area contributed by atoms with E-state index in [1.54, 1.807) is 0 Å². The second-order valence-corrected chi connectivity index (χ2v) is 4.55. The molecule has 0 aromatic heterocycles. The molecule has 13 heavy (non-hydrogen) atoms. The summed E-state index contributed by atoms with van der Waals surface area (Å²) < 4.78 is 1.37. The fourth-order valence-corrected chi connectivity index (χ4v) is 2.25. The maximum atomic E-state index is 3.55. The summed E-state index contributed by atoms with van der Waals surface area (Å²) >= 11 is 3.55. The molecule has 1 aromatic rings. The molecule has 68 valence electrons. The maximum absolute atomic E-state index is 3.55. The highest BCUT2D eigenvalue weighted by atomic mass is 79.9. The van der Waals surface area contributed by atoms with Gasteiger partial charge in [0.1, 0.15) is 0 Å². The quantitative estimate of drug-likeness (QED) is 0.685. The van der Waals surface area contributed by atoms with Gasteiger partial charge in [0, 0.05) is 0 Å². The number of allylic oxidation sites excluding steroid dienone is 2. The summed E-state index contributed by atoms with van der Waals surface area (Å²) in [6.07, 6.45) is 5.96. The zero-order valence-electron chi connectivity index (χ0n) is 7.54. The fraction of sp³-hybridized carbons (Fsp3) is 0.333. The molecule has 1 aliphatic rings. The van der Waals surface area contributed by atoms with Gasteiger partial charge in [-0.15, -0.1) is 0 Å². The van der Waals surface area contributed by atoms with Crippen LogP contribution in [0.1, 0.15) is 30.7 Å². The van der Waals surface area contributed by atoms with E-state index in [4.69, 9.17) is 0 Å². The third-order valence-corrected chi connectivity index (χ3v) is 3.35. The van der Waals surface area contributed by atoms with Crippen molar-refractivity contribution < 1.29 is 0 Å².